The summed E-state index contributed by atoms with van der Waals surface area (Å²) in [5.74, 6) is -0.974. The molecule has 4 heteroatoms. The van der Waals surface area contributed by atoms with E-state index in [0.29, 0.717) is 25.4 Å². The average Bonchev–Trinajstić information content (AvgIpc) is 2.15. The first-order valence-corrected chi connectivity index (χ1v) is 5.89. The number of aliphatic carboxylic acids is 1. The van der Waals surface area contributed by atoms with Crippen molar-refractivity contribution in [3.05, 3.63) is 0 Å². The minimum atomic E-state index is -0.849. The Bertz CT molecular complexity index is 238. The second-order valence-corrected chi connectivity index (χ2v) is 4.68. The van der Waals surface area contributed by atoms with E-state index in [1.54, 1.807) is 11.8 Å². The topological polar surface area (TPSA) is 57.6 Å². The smallest absolute Gasteiger partial charge is 0.308 e. The summed E-state index contributed by atoms with van der Waals surface area (Å²) in [6.45, 7) is 8.55. The maximum atomic E-state index is 11.8. The molecule has 0 aliphatic heterocycles. The van der Waals surface area contributed by atoms with E-state index in [4.69, 9.17) is 5.11 Å². The summed E-state index contributed by atoms with van der Waals surface area (Å²) in [5, 5.41) is 8.82. The third-order valence-corrected chi connectivity index (χ3v) is 2.34. The molecular weight excluding hydrogens is 206 g/mol. The van der Waals surface area contributed by atoms with Gasteiger partial charge in [0, 0.05) is 19.5 Å². The summed E-state index contributed by atoms with van der Waals surface area (Å²) in [4.78, 5) is 24.2. The second kappa shape index (κ2) is 7.25. The number of hydrogen-bond donors (Lipinski definition) is 1. The largest absolute Gasteiger partial charge is 0.481 e. The van der Waals surface area contributed by atoms with Crippen LogP contribution in [0.5, 0.6) is 0 Å². The van der Waals surface area contributed by atoms with Crippen LogP contribution >= 0.6 is 0 Å². The van der Waals surface area contributed by atoms with Gasteiger partial charge in [0.25, 0.3) is 0 Å². The van der Waals surface area contributed by atoms with Crippen molar-refractivity contribution in [2.24, 2.45) is 11.8 Å². The van der Waals surface area contributed by atoms with E-state index in [9.17, 15) is 9.59 Å². The fraction of sp³-hybridized carbons (Fsp3) is 0.833. The normalized spacial score (nSPS) is 12.6. The van der Waals surface area contributed by atoms with Crippen LogP contribution in [-0.2, 0) is 9.59 Å². The van der Waals surface area contributed by atoms with Crippen LogP contribution in [-0.4, -0.2) is 35.0 Å². The van der Waals surface area contributed by atoms with Crippen molar-refractivity contribution in [2.75, 3.05) is 13.1 Å². The lowest BCUT2D eigenvalue weighted by Gasteiger charge is -2.24. The average molecular weight is 229 g/mol. The molecule has 0 aliphatic rings. The minimum absolute atomic E-state index is 0.0601. The Balaban J connectivity index is 4.36. The van der Waals surface area contributed by atoms with Gasteiger partial charge in [-0.3, -0.25) is 9.59 Å². The lowest BCUT2D eigenvalue weighted by molar-refractivity contribution is -0.143. The van der Waals surface area contributed by atoms with Crippen molar-refractivity contribution < 1.29 is 14.7 Å². The maximum Gasteiger partial charge on any atom is 0.308 e. The summed E-state index contributed by atoms with van der Waals surface area (Å²) in [6, 6.07) is 0. The predicted octanol–water partition coefficient (Wildman–Crippen LogP) is 1.99. The Morgan fingerprint density at radius 2 is 1.81 bits per heavy atom. The molecule has 0 aromatic heterocycles. The van der Waals surface area contributed by atoms with Gasteiger partial charge in [-0.15, -0.1) is 0 Å². The Hall–Kier alpha value is -1.06. The van der Waals surface area contributed by atoms with E-state index in [-0.39, 0.29) is 5.91 Å². The number of carbonyl (C=O) groups excluding carboxylic acids is 1. The van der Waals surface area contributed by atoms with Crippen LogP contribution in [0.15, 0.2) is 0 Å². The van der Waals surface area contributed by atoms with E-state index in [1.807, 2.05) is 20.8 Å². The molecule has 1 N–H and O–H groups in total. The number of carboxylic acid groups (broad SMARTS) is 1. The van der Waals surface area contributed by atoms with E-state index in [2.05, 4.69) is 0 Å². The highest BCUT2D eigenvalue weighted by Crippen LogP contribution is 2.08. The maximum absolute atomic E-state index is 11.8. The number of amides is 1. The predicted molar refractivity (Wildman–Crippen MR) is 63.1 cm³/mol. The number of carbonyl (C=O) groups is 2. The van der Waals surface area contributed by atoms with Gasteiger partial charge in [0.05, 0.1) is 5.92 Å². The molecule has 0 aromatic carbocycles. The van der Waals surface area contributed by atoms with Crippen molar-refractivity contribution in [3.63, 3.8) is 0 Å². The molecule has 0 aromatic rings. The molecule has 0 rings (SSSR count). The number of carboxylic acids is 1. The molecule has 16 heavy (non-hydrogen) atoms. The van der Waals surface area contributed by atoms with E-state index >= 15 is 0 Å². The summed E-state index contributed by atoms with van der Waals surface area (Å²) in [5.41, 5.74) is 0. The Labute approximate surface area is 97.6 Å². The van der Waals surface area contributed by atoms with Crippen LogP contribution < -0.4 is 0 Å². The molecule has 0 aliphatic carbocycles. The number of hydrogen-bond acceptors (Lipinski definition) is 2. The van der Waals surface area contributed by atoms with Crippen LogP contribution in [0, 0.1) is 11.8 Å². The summed E-state index contributed by atoms with van der Waals surface area (Å²) < 4.78 is 0. The van der Waals surface area contributed by atoms with Gasteiger partial charge in [0.1, 0.15) is 0 Å². The fourth-order valence-electron chi connectivity index (χ4n) is 1.47. The van der Waals surface area contributed by atoms with E-state index in [0.717, 1.165) is 6.42 Å². The molecule has 0 radical (unpaired) electrons. The lowest BCUT2D eigenvalue weighted by atomic mass is 10.1. The van der Waals surface area contributed by atoms with E-state index < -0.39 is 11.9 Å². The molecule has 0 saturated heterocycles. The van der Waals surface area contributed by atoms with Gasteiger partial charge in [-0.05, 0) is 12.3 Å². The first kappa shape index (κ1) is 14.9. The molecule has 0 heterocycles. The van der Waals surface area contributed by atoms with Crippen molar-refractivity contribution in [2.45, 2.75) is 40.5 Å². The zero-order chi connectivity index (χ0) is 12.7. The van der Waals surface area contributed by atoms with Crippen LogP contribution in [0.25, 0.3) is 0 Å². The monoisotopic (exact) mass is 229 g/mol. The summed E-state index contributed by atoms with van der Waals surface area (Å²) >= 11 is 0. The van der Waals surface area contributed by atoms with Gasteiger partial charge < -0.3 is 10.0 Å². The zero-order valence-corrected chi connectivity index (χ0v) is 10.7. The van der Waals surface area contributed by atoms with Gasteiger partial charge in [-0.25, -0.2) is 0 Å². The molecule has 1 amide bonds. The Morgan fingerprint density at radius 1 is 1.25 bits per heavy atom. The molecule has 0 saturated carbocycles. The van der Waals surface area contributed by atoms with Crippen molar-refractivity contribution >= 4 is 11.9 Å². The molecule has 0 bridgehead atoms. The van der Waals surface area contributed by atoms with Gasteiger partial charge >= 0.3 is 5.97 Å². The first-order valence-electron chi connectivity index (χ1n) is 5.89. The SMILES string of the molecule is CCCN(CC(C)C(=O)O)C(=O)CC(C)C. The van der Waals surface area contributed by atoms with Gasteiger partial charge in [0.2, 0.25) is 5.91 Å². The lowest BCUT2D eigenvalue weighted by Crippen LogP contribution is -2.37. The minimum Gasteiger partial charge on any atom is -0.481 e. The molecule has 4 nitrogen and oxygen atoms in total. The molecule has 0 fully saturated rings. The third-order valence-electron chi connectivity index (χ3n) is 2.34. The Morgan fingerprint density at radius 3 is 2.19 bits per heavy atom. The standard InChI is InChI=1S/C12H23NO3/c1-5-6-13(8-10(4)12(15)16)11(14)7-9(2)3/h9-10H,5-8H2,1-4H3,(H,15,16). The van der Waals surface area contributed by atoms with Gasteiger partial charge in [0.15, 0.2) is 0 Å². The third kappa shape index (κ3) is 5.73. The first-order chi connectivity index (χ1) is 7.38. The number of nitrogens with zero attached hydrogens (tertiary/aromatic N) is 1. The molecular formula is C12H23NO3. The second-order valence-electron chi connectivity index (χ2n) is 4.68. The summed E-state index contributed by atoms with van der Waals surface area (Å²) in [7, 11) is 0. The van der Waals surface area contributed by atoms with Crippen molar-refractivity contribution in [1.82, 2.24) is 4.90 Å². The number of rotatable bonds is 7. The molecule has 1 atom stereocenters. The van der Waals surface area contributed by atoms with Crippen LogP contribution in [0.4, 0.5) is 0 Å². The van der Waals surface area contributed by atoms with Gasteiger partial charge in [-0.2, -0.15) is 0 Å². The van der Waals surface area contributed by atoms with Crippen LogP contribution in [0.1, 0.15) is 40.5 Å². The zero-order valence-electron chi connectivity index (χ0n) is 10.7. The van der Waals surface area contributed by atoms with E-state index in [1.165, 1.54) is 0 Å². The highest BCUT2D eigenvalue weighted by atomic mass is 16.4. The quantitative estimate of drug-likeness (QED) is 0.726. The summed E-state index contributed by atoms with van der Waals surface area (Å²) in [6.07, 6.45) is 1.35. The highest BCUT2D eigenvalue weighted by molar-refractivity contribution is 5.77. The van der Waals surface area contributed by atoms with Crippen LogP contribution in [0.2, 0.25) is 0 Å². The fourth-order valence-corrected chi connectivity index (χ4v) is 1.47. The molecule has 0 spiro atoms. The Kier molecular flexibility index (Phi) is 6.77. The van der Waals surface area contributed by atoms with Crippen molar-refractivity contribution in [3.8, 4) is 0 Å². The van der Waals surface area contributed by atoms with Gasteiger partial charge in [-0.1, -0.05) is 27.7 Å². The highest BCUT2D eigenvalue weighted by Gasteiger charge is 2.20. The van der Waals surface area contributed by atoms with Crippen molar-refractivity contribution in [1.29, 1.82) is 0 Å². The van der Waals surface area contributed by atoms with Crippen LogP contribution in [0.3, 0.4) is 0 Å². The molecule has 94 valence electrons. The molecule has 1 unspecified atom stereocenters.